The molecule has 0 fully saturated rings. The predicted molar refractivity (Wildman–Crippen MR) is 117 cm³/mol. The summed E-state index contributed by atoms with van der Waals surface area (Å²) in [5, 5.41) is 4.39. The van der Waals surface area contributed by atoms with Crippen molar-refractivity contribution in [1.29, 1.82) is 0 Å². The zero-order valence-electron chi connectivity index (χ0n) is 17.1. The Bertz CT molecular complexity index is 1140. The Morgan fingerprint density at radius 1 is 1.21 bits per heavy atom. The molecule has 176 valence electrons. The minimum absolute atomic E-state index is 0.0746. The number of carbonyl (C=O) groups excluding carboxylic acids is 2. The lowest BCUT2D eigenvalue weighted by atomic mass is 10.2. The number of thiazole rings is 1. The molecule has 3 aromatic rings. The third-order valence-electron chi connectivity index (χ3n) is 4.15. The highest BCUT2D eigenvalue weighted by Gasteiger charge is 2.31. The maximum Gasteiger partial charge on any atom is 0.573 e. The molecule has 1 aromatic heterocycles. The van der Waals surface area contributed by atoms with Crippen LogP contribution >= 0.6 is 22.9 Å². The van der Waals surface area contributed by atoms with Crippen LogP contribution in [0.1, 0.15) is 12.5 Å². The van der Waals surface area contributed by atoms with Gasteiger partial charge in [0.05, 0.1) is 16.8 Å². The molecule has 1 heterocycles. The van der Waals surface area contributed by atoms with Gasteiger partial charge in [0.15, 0.2) is 5.13 Å². The van der Waals surface area contributed by atoms with Crippen molar-refractivity contribution in [3.63, 3.8) is 0 Å². The number of carbonyl (C=O) groups is 2. The average Bonchev–Trinajstić information content (AvgIpc) is 3.11. The molecule has 0 spiro atoms. The van der Waals surface area contributed by atoms with Crippen LogP contribution in [0.15, 0.2) is 42.5 Å². The zero-order chi connectivity index (χ0) is 24.0. The van der Waals surface area contributed by atoms with Crippen molar-refractivity contribution in [1.82, 2.24) is 15.4 Å². The van der Waals surface area contributed by atoms with E-state index in [1.807, 2.05) is 12.1 Å². The lowest BCUT2D eigenvalue weighted by Gasteiger charge is -2.22. The first-order valence-corrected chi connectivity index (χ1v) is 10.7. The first-order valence-electron chi connectivity index (χ1n) is 9.46. The van der Waals surface area contributed by atoms with Crippen molar-refractivity contribution in [2.24, 2.45) is 0 Å². The molecule has 0 atom stereocenters. The number of ether oxygens (including phenoxy) is 2. The van der Waals surface area contributed by atoms with Crippen molar-refractivity contribution in [2.75, 3.05) is 18.5 Å². The molecule has 2 amide bonds. The maximum absolute atomic E-state index is 12.4. The molecule has 0 unspecified atom stereocenters. The summed E-state index contributed by atoms with van der Waals surface area (Å²) in [5.41, 5.74) is 4.10. The summed E-state index contributed by atoms with van der Waals surface area (Å²) < 4.78 is 46.4. The summed E-state index contributed by atoms with van der Waals surface area (Å²) in [5.74, 6) is -0.671. The highest BCUT2D eigenvalue weighted by Crippen LogP contribution is 2.31. The highest BCUT2D eigenvalue weighted by molar-refractivity contribution is 7.22. The van der Waals surface area contributed by atoms with Gasteiger partial charge in [0.2, 0.25) is 5.91 Å². The van der Waals surface area contributed by atoms with Crippen LogP contribution in [0.5, 0.6) is 5.75 Å². The molecule has 0 aliphatic heterocycles. The molecule has 0 saturated carbocycles. The van der Waals surface area contributed by atoms with Crippen LogP contribution in [-0.2, 0) is 16.1 Å². The van der Waals surface area contributed by atoms with Crippen molar-refractivity contribution in [3.8, 4) is 5.75 Å². The normalized spacial score (nSPS) is 11.3. The standard InChI is InChI=1S/C20H18ClF3N4O4S/c1-12(29)28(25-11-13-4-2-3-5-15(13)21)8-9-31-19(30)27-18-26-16-7-6-14(10-17(16)33-18)32-20(22,23)24/h2-7,10,25H,8-9,11H2,1H3,(H,26,27,30). The first-order chi connectivity index (χ1) is 15.6. The number of alkyl halides is 3. The Hall–Kier alpha value is -3.09. The van der Waals surface area contributed by atoms with Crippen molar-refractivity contribution in [2.45, 2.75) is 19.8 Å². The molecule has 3 rings (SSSR count). The van der Waals surface area contributed by atoms with Crippen LogP contribution in [-0.4, -0.2) is 41.5 Å². The van der Waals surface area contributed by atoms with E-state index >= 15 is 0 Å². The van der Waals surface area contributed by atoms with Gasteiger partial charge in [0, 0.05) is 24.6 Å². The van der Waals surface area contributed by atoms with E-state index in [1.54, 1.807) is 12.1 Å². The second-order valence-electron chi connectivity index (χ2n) is 6.55. The second-order valence-corrected chi connectivity index (χ2v) is 7.99. The van der Waals surface area contributed by atoms with E-state index in [4.69, 9.17) is 16.3 Å². The number of nitrogens with zero attached hydrogens (tertiary/aromatic N) is 2. The van der Waals surface area contributed by atoms with Gasteiger partial charge in [-0.3, -0.25) is 15.1 Å². The number of halogens is 4. The molecule has 13 heteroatoms. The van der Waals surface area contributed by atoms with E-state index in [0.717, 1.165) is 23.0 Å². The number of fused-ring (bicyclic) bond motifs is 1. The number of benzene rings is 2. The Kier molecular flexibility index (Phi) is 7.95. The number of aromatic nitrogens is 1. The van der Waals surface area contributed by atoms with Crippen LogP contribution in [0, 0.1) is 0 Å². The average molecular weight is 503 g/mol. The molecule has 0 saturated heterocycles. The highest BCUT2D eigenvalue weighted by atomic mass is 35.5. The predicted octanol–water partition coefficient (Wildman–Crippen LogP) is 4.95. The van der Waals surface area contributed by atoms with Crippen LogP contribution in [0.2, 0.25) is 5.02 Å². The van der Waals surface area contributed by atoms with Crippen molar-refractivity contribution >= 4 is 50.3 Å². The van der Waals surface area contributed by atoms with Gasteiger partial charge in [-0.2, -0.15) is 0 Å². The summed E-state index contributed by atoms with van der Waals surface area (Å²) in [7, 11) is 0. The Morgan fingerprint density at radius 3 is 2.67 bits per heavy atom. The van der Waals surface area contributed by atoms with Gasteiger partial charge < -0.3 is 9.47 Å². The second kappa shape index (κ2) is 10.7. The monoisotopic (exact) mass is 502 g/mol. The van der Waals surface area contributed by atoms with E-state index in [2.05, 4.69) is 20.5 Å². The third kappa shape index (κ3) is 7.48. The van der Waals surface area contributed by atoms with Gasteiger partial charge in [0.1, 0.15) is 12.4 Å². The summed E-state index contributed by atoms with van der Waals surface area (Å²) >= 11 is 7.05. The van der Waals surface area contributed by atoms with Gasteiger partial charge in [-0.1, -0.05) is 41.1 Å². The zero-order valence-corrected chi connectivity index (χ0v) is 18.7. The number of nitrogens with one attached hydrogen (secondary N) is 2. The van der Waals surface area contributed by atoms with Crippen LogP contribution in [0.25, 0.3) is 10.2 Å². The van der Waals surface area contributed by atoms with Gasteiger partial charge in [-0.15, -0.1) is 13.2 Å². The summed E-state index contributed by atoms with van der Waals surface area (Å²) in [6.07, 6.45) is -5.63. The molecule has 0 radical (unpaired) electrons. The van der Waals surface area contributed by atoms with Gasteiger partial charge >= 0.3 is 12.5 Å². The largest absolute Gasteiger partial charge is 0.573 e. The number of rotatable bonds is 8. The number of hydrazine groups is 1. The van der Waals surface area contributed by atoms with Crippen LogP contribution < -0.4 is 15.5 Å². The van der Waals surface area contributed by atoms with Gasteiger partial charge in [-0.25, -0.2) is 15.2 Å². The Balaban J connectivity index is 1.50. The SMILES string of the molecule is CC(=O)N(CCOC(=O)Nc1nc2ccc(OC(F)(F)F)cc2s1)NCc1ccccc1Cl. The first kappa shape index (κ1) is 24.6. The van der Waals surface area contributed by atoms with E-state index in [-0.39, 0.29) is 29.9 Å². The minimum atomic E-state index is -4.81. The fourth-order valence-corrected chi connectivity index (χ4v) is 3.76. The van der Waals surface area contributed by atoms with Gasteiger partial charge in [-0.05, 0) is 23.8 Å². The van der Waals surface area contributed by atoms with E-state index in [0.29, 0.717) is 21.8 Å². The third-order valence-corrected chi connectivity index (χ3v) is 5.45. The summed E-state index contributed by atoms with van der Waals surface area (Å²) in [6, 6.07) is 10.8. The fraction of sp³-hybridized carbons (Fsp3) is 0.250. The Morgan fingerprint density at radius 2 is 1.97 bits per heavy atom. The topological polar surface area (TPSA) is 92.8 Å². The molecular formula is C20H18ClF3N4O4S. The van der Waals surface area contributed by atoms with Crippen LogP contribution in [0.4, 0.5) is 23.1 Å². The molecule has 8 nitrogen and oxygen atoms in total. The van der Waals surface area contributed by atoms with E-state index in [9.17, 15) is 22.8 Å². The molecule has 0 bridgehead atoms. The quantitative estimate of drug-likeness (QED) is 0.423. The maximum atomic E-state index is 12.4. The van der Waals surface area contributed by atoms with Crippen molar-refractivity contribution < 1.29 is 32.2 Å². The number of amides is 2. The summed E-state index contributed by atoms with van der Waals surface area (Å²) in [6.45, 7) is 1.62. The number of anilines is 1. The molecule has 0 aliphatic carbocycles. The molecule has 2 N–H and O–H groups in total. The van der Waals surface area contributed by atoms with Gasteiger partial charge in [0.25, 0.3) is 0 Å². The molecular weight excluding hydrogens is 485 g/mol. The Labute approximate surface area is 195 Å². The smallest absolute Gasteiger partial charge is 0.447 e. The molecule has 2 aromatic carbocycles. The minimum Gasteiger partial charge on any atom is -0.447 e. The van der Waals surface area contributed by atoms with Crippen LogP contribution in [0.3, 0.4) is 0 Å². The lowest BCUT2D eigenvalue weighted by Crippen LogP contribution is -2.43. The van der Waals surface area contributed by atoms with Crippen molar-refractivity contribution in [3.05, 3.63) is 53.1 Å². The molecule has 33 heavy (non-hydrogen) atoms. The fourth-order valence-electron chi connectivity index (χ4n) is 2.68. The molecule has 0 aliphatic rings. The van der Waals surface area contributed by atoms with E-state index in [1.165, 1.54) is 24.1 Å². The van der Waals surface area contributed by atoms with E-state index < -0.39 is 12.5 Å². The lowest BCUT2D eigenvalue weighted by molar-refractivity contribution is -0.274. The number of hydrogen-bond donors (Lipinski definition) is 2. The number of hydrogen-bond acceptors (Lipinski definition) is 7. The summed E-state index contributed by atoms with van der Waals surface area (Å²) in [4.78, 5) is 28.0.